The van der Waals surface area contributed by atoms with Gasteiger partial charge in [-0.05, 0) is 86.0 Å². The van der Waals surface area contributed by atoms with Crippen LogP contribution in [0.2, 0.25) is 0 Å². The number of carboxylic acid groups (broad SMARTS) is 4. The standard InChI is InChI=1S/C32H38N4.2C2H2O4/c1-3-16-31-29(14-1)27(23-35-31)12-5-7-18-33-21-25-10-9-11-26(20-25)22-34-19-8-6-13-28-24-36-32-17-4-2-15-30(28)32;2*3-1(4)2(5)6/h1-4,9-11,14-17,20,23-24,33-36H,5-8,12-13,18-19,21-22H2;2*(H,3,4)(H,5,6)/p-4. The average Bonchev–Trinajstić information content (AvgIpc) is 3.69. The Morgan fingerprint density at radius 1 is 0.521 bits per heavy atom. The van der Waals surface area contributed by atoms with Crippen LogP contribution in [0.4, 0.5) is 0 Å². The van der Waals surface area contributed by atoms with Gasteiger partial charge < -0.3 is 60.2 Å². The molecule has 0 aliphatic heterocycles. The summed E-state index contributed by atoms with van der Waals surface area (Å²) < 4.78 is 0. The van der Waals surface area contributed by atoms with E-state index in [9.17, 15) is 0 Å². The van der Waals surface area contributed by atoms with Crippen LogP contribution >= 0.6 is 0 Å². The van der Waals surface area contributed by atoms with Gasteiger partial charge in [0.1, 0.15) is 0 Å². The van der Waals surface area contributed by atoms with E-state index in [1.165, 1.54) is 69.7 Å². The molecule has 0 radical (unpaired) electrons. The first-order valence-corrected chi connectivity index (χ1v) is 15.6. The van der Waals surface area contributed by atoms with Crippen molar-refractivity contribution >= 4 is 45.7 Å². The molecule has 0 amide bonds. The lowest BCUT2D eigenvalue weighted by Gasteiger charge is -2.09. The summed E-state index contributed by atoms with van der Waals surface area (Å²) in [4.78, 5) is 42.5. The highest BCUT2D eigenvalue weighted by Crippen LogP contribution is 2.20. The van der Waals surface area contributed by atoms with E-state index in [0.717, 1.165) is 39.0 Å². The highest BCUT2D eigenvalue weighted by molar-refractivity contribution is 6.25. The number of aromatic nitrogens is 2. The molecule has 2 heterocycles. The van der Waals surface area contributed by atoms with Crippen molar-refractivity contribution in [3.05, 3.63) is 107 Å². The third kappa shape index (κ3) is 12.7. The molecule has 0 aliphatic rings. The van der Waals surface area contributed by atoms with E-state index in [1.54, 1.807) is 0 Å². The van der Waals surface area contributed by atoms with Crippen molar-refractivity contribution in [2.24, 2.45) is 0 Å². The van der Waals surface area contributed by atoms with Crippen LogP contribution in [0.3, 0.4) is 0 Å². The fourth-order valence-electron chi connectivity index (χ4n) is 5.12. The normalized spacial score (nSPS) is 10.5. The second-order valence-corrected chi connectivity index (χ2v) is 11.0. The van der Waals surface area contributed by atoms with E-state index in [1.807, 2.05) is 0 Å². The van der Waals surface area contributed by atoms with E-state index >= 15 is 0 Å². The molecule has 2 aromatic heterocycles. The summed E-state index contributed by atoms with van der Waals surface area (Å²) in [6.07, 6.45) is 11.4. The number of carbonyl (C=O) groups excluding carboxylic acids is 4. The maximum absolute atomic E-state index is 8.93. The van der Waals surface area contributed by atoms with Crippen LogP contribution in [0, 0.1) is 0 Å². The molecular formula is C36H38N4O8-4. The quantitative estimate of drug-likeness (QED) is 0.0917. The molecule has 4 N–H and O–H groups in total. The molecule has 0 aliphatic carbocycles. The zero-order valence-electron chi connectivity index (χ0n) is 26.4. The summed E-state index contributed by atoms with van der Waals surface area (Å²) in [5.41, 5.74) is 8.08. The molecule has 0 bridgehead atoms. The van der Waals surface area contributed by atoms with Crippen molar-refractivity contribution < 1.29 is 39.6 Å². The van der Waals surface area contributed by atoms with Gasteiger partial charge in [0, 0.05) is 47.3 Å². The molecule has 48 heavy (non-hydrogen) atoms. The molecule has 12 nitrogen and oxygen atoms in total. The van der Waals surface area contributed by atoms with E-state index in [0.29, 0.717) is 0 Å². The predicted molar refractivity (Wildman–Crippen MR) is 172 cm³/mol. The minimum absolute atomic E-state index is 0.936. The number of aromatic amines is 2. The fraction of sp³-hybridized carbons (Fsp3) is 0.278. The first-order valence-electron chi connectivity index (χ1n) is 15.6. The van der Waals surface area contributed by atoms with Crippen molar-refractivity contribution in [3.8, 4) is 0 Å². The number of rotatable bonds is 14. The third-order valence-electron chi connectivity index (χ3n) is 7.43. The summed E-state index contributed by atoms with van der Waals surface area (Å²) in [5.74, 6) is -8.74. The number of unbranched alkanes of at least 4 members (excludes halogenated alkanes) is 2. The fourth-order valence-corrected chi connectivity index (χ4v) is 5.12. The Hall–Kier alpha value is -5.46. The van der Waals surface area contributed by atoms with Gasteiger partial charge in [0.05, 0.1) is 23.9 Å². The predicted octanol–water partition coefficient (Wildman–Crippen LogP) is -0.153. The van der Waals surface area contributed by atoms with Crippen LogP contribution < -0.4 is 31.1 Å². The number of hydrogen-bond donors (Lipinski definition) is 4. The molecule has 0 unspecified atom stereocenters. The molecule has 0 saturated carbocycles. The van der Waals surface area contributed by atoms with Gasteiger partial charge >= 0.3 is 0 Å². The van der Waals surface area contributed by atoms with Crippen molar-refractivity contribution in [1.82, 2.24) is 20.6 Å². The Morgan fingerprint density at radius 3 is 1.31 bits per heavy atom. The molecule has 5 aromatic rings. The van der Waals surface area contributed by atoms with E-state index < -0.39 is 23.9 Å². The van der Waals surface area contributed by atoms with Gasteiger partial charge in [-0.3, -0.25) is 0 Å². The maximum Gasteiger partial charge on any atom is 0.0870 e. The van der Waals surface area contributed by atoms with Gasteiger partial charge in [-0.1, -0.05) is 60.7 Å². The lowest BCUT2D eigenvalue weighted by atomic mass is 10.1. The SMILES string of the molecule is O=C([O-])C(=O)[O-].O=C([O-])C(=O)[O-].c1cc(CNCCCCc2c[nH]c3ccccc23)cc(CNCCCCc2c[nH]c3ccccc23)c1. The summed E-state index contributed by atoms with van der Waals surface area (Å²) in [7, 11) is 0. The molecule has 3 aromatic carbocycles. The van der Waals surface area contributed by atoms with Gasteiger partial charge in [0.15, 0.2) is 0 Å². The van der Waals surface area contributed by atoms with Crippen molar-refractivity contribution in [1.29, 1.82) is 0 Å². The van der Waals surface area contributed by atoms with Crippen LogP contribution in [0.5, 0.6) is 0 Å². The molecule has 0 spiro atoms. The van der Waals surface area contributed by atoms with Crippen molar-refractivity contribution in [2.45, 2.75) is 51.6 Å². The number of benzene rings is 3. The second kappa shape index (κ2) is 19.9. The van der Waals surface area contributed by atoms with Crippen LogP contribution in [-0.2, 0) is 45.1 Å². The highest BCUT2D eigenvalue weighted by atomic mass is 16.4. The van der Waals surface area contributed by atoms with Gasteiger partial charge in [0.2, 0.25) is 0 Å². The molecule has 12 heteroatoms. The molecule has 5 rings (SSSR count). The summed E-state index contributed by atoms with van der Waals surface area (Å²) in [6.45, 7) is 3.99. The van der Waals surface area contributed by atoms with E-state index in [2.05, 4.69) is 106 Å². The topological polar surface area (TPSA) is 216 Å². The number of hydrogen-bond acceptors (Lipinski definition) is 10. The minimum Gasteiger partial charge on any atom is -0.543 e. The third-order valence-corrected chi connectivity index (χ3v) is 7.43. The monoisotopic (exact) mass is 654 g/mol. The summed E-state index contributed by atoms with van der Waals surface area (Å²) >= 11 is 0. The lowest BCUT2D eigenvalue weighted by molar-refractivity contribution is -0.345. The molecular weight excluding hydrogens is 616 g/mol. The smallest absolute Gasteiger partial charge is 0.0870 e. The number of carbonyl (C=O) groups is 4. The van der Waals surface area contributed by atoms with Gasteiger partial charge in [-0.25, -0.2) is 0 Å². The number of carboxylic acids is 4. The van der Waals surface area contributed by atoms with Gasteiger partial charge in [-0.2, -0.15) is 0 Å². The first-order chi connectivity index (χ1) is 23.2. The Labute approximate surface area is 277 Å². The zero-order chi connectivity index (χ0) is 34.7. The van der Waals surface area contributed by atoms with E-state index in [4.69, 9.17) is 39.6 Å². The first kappa shape index (κ1) is 37.0. The Balaban J connectivity index is 0.000000446. The highest BCUT2D eigenvalue weighted by Gasteiger charge is 2.04. The number of nitrogens with one attached hydrogen (secondary N) is 4. The van der Waals surface area contributed by atoms with E-state index in [-0.39, 0.29) is 0 Å². The Kier molecular flexibility index (Phi) is 15.4. The number of aryl methyl sites for hydroxylation is 2. The average molecular weight is 655 g/mol. The second-order valence-electron chi connectivity index (χ2n) is 11.0. The summed E-state index contributed by atoms with van der Waals surface area (Å²) in [5, 5.41) is 45.7. The number of fused-ring (bicyclic) bond motifs is 2. The van der Waals surface area contributed by atoms with Crippen molar-refractivity contribution in [2.75, 3.05) is 13.1 Å². The van der Waals surface area contributed by atoms with Crippen LogP contribution in [0.25, 0.3) is 21.8 Å². The molecule has 0 fully saturated rings. The molecule has 254 valence electrons. The minimum atomic E-state index is -2.19. The van der Waals surface area contributed by atoms with Gasteiger partial charge in [0.25, 0.3) is 0 Å². The van der Waals surface area contributed by atoms with Crippen molar-refractivity contribution in [3.63, 3.8) is 0 Å². The van der Waals surface area contributed by atoms with Crippen LogP contribution in [0.15, 0.2) is 85.2 Å². The Morgan fingerprint density at radius 2 is 0.917 bits per heavy atom. The maximum atomic E-state index is 8.93. The zero-order valence-corrected chi connectivity index (χ0v) is 26.4. The number of aliphatic carboxylic acids is 4. The largest absolute Gasteiger partial charge is 0.543 e. The van der Waals surface area contributed by atoms with Gasteiger partial charge in [-0.15, -0.1) is 0 Å². The molecule has 0 saturated heterocycles. The van der Waals surface area contributed by atoms with Crippen LogP contribution in [0.1, 0.15) is 47.9 Å². The number of H-pyrrole nitrogens is 2. The Bertz CT molecular complexity index is 1630. The number of para-hydroxylation sites is 2. The van der Waals surface area contributed by atoms with Crippen LogP contribution in [-0.4, -0.2) is 46.9 Å². The lowest BCUT2D eigenvalue weighted by Crippen LogP contribution is -2.42. The molecule has 0 atom stereocenters. The summed E-state index contributed by atoms with van der Waals surface area (Å²) in [6, 6.07) is 26.1.